The zero-order valence-corrected chi connectivity index (χ0v) is 19.5. The predicted octanol–water partition coefficient (Wildman–Crippen LogP) is 3.59. The summed E-state index contributed by atoms with van der Waals surface area (Å²) in [5.74, 6) is 1.25. The molecule has 0 radical (unpaired) electrons. The van der Waals surface area contributed by atoms with Gasteiger partial charge in [-0.25, -0.2) is 0 Å². The number of rotatable bonds is 4. The average molecular weight is 480 g/mol. The number of furan rings is 1. The first-order chi connectivity index (χ1) is 16.6. The Morgan fingerprint density at radius 3 is 2.18 bits per heavy atom. The highest BCUT2D eigenvalue weighted by Gasteiger charge is 2.32. The standard InChI is InChI=1S/C25H26ClN5O3/c26-20-5-3-18(4-6-20)21-7-8-23(28-27-21)29-11-9-19(10-12-29)24(32)30-13-15-31(16-14-30)25(33)22-2-1-17-34-22/h1-8,17,19H,9-16H2. The van der Waals surface area contributed by atoms with Crippen molar-refractivity contribution in [1.29, 1.82) is 0 Å². The van der Waals surface area contributed by atoms with Crippen molar-refractivity contribution in [2.45, 2.75) is 12.8 Å². The fourth-order valence-electron chi connectivity index (χ4n) is 4.57. The highest BCUT2D eigenvalue weighted by molar-refractivity contribution is 6.30. The number of benzene rings is 1. The molecule has 0 unspecified atom stereocenters. The average Bonchev–Trinajstić information content (AvgIpc) is 3.44. The number of anilines is 1. The van der Waals surface area contributed by atoms with Gasteiger partial charge in [-0.15, -0.1) is 10.2 Å². The minimum absolute atomic E-state index is 0.00451. The number of hydrogen-bond donors (Lipinski definition) is 0. The number of halogens is 1. The first kappa shape index (κ1) is 22.4. The van der Waals surface area contributed by atoms with Crippen LogP contribution in [0.2, 0.25) is 5.02 Å². The quantitative estimate of drug-likeness (QED) is 0.568. The third-order valence-electron chi connectivity index (χ3n) is 6.57. The SMILES string of the molecule is O=C(c1ccco1)N1CCN(C(=O)C2CCN(c3ccc(-c4ccc(Cl)cc4)nn3)CC2)CC1. The molecule has 0 spiro atoms. The first-order valence-corrected chi connectivity index (χ1v) is 11.9. The summed E-state index contributed by atoms with van der Waals surface area (Å²) in [4.78, 5) is 31.3. The van der Waals surface area contributed by atoms with Gasteiger partial charge >= 0.3 is 0 Å². The smallest absolute Gasteiger partial charge is 0.289 e. The molecule has 0 aliphatic carbocycles. The Kier molecular flexibility index (Phi) is 6.49. The van der Waals surface area contributed by atoms with Crippen LogP contribution in [0.3, 0.4) is 0 Å². The number of hydrogen-bond acceptors (Lipinski definition) is 6. The van der Waals surface area contributed by atoms with E-state index in [9.17, 15) is 9.59 Å². The lowest BCUT2D eigenvalue weighted by Gasteiger charge is -2.38. The summed E-state index contributed by atoms with van der Waals surface area (Å²) in [7, 11) is 0. The van der Waals surface area contributed by atoms with Gasteiger partial charge in [-0.05, 0) is 49.2 Å². The third kappa shape index (κ3) is 4.77. The molecule has 8 nitrogen and oxygen atoms in total. The molecule has 2 saturated heterocycles. The van der Waals surface area contributed by atoms with Crippen molar-refractivity contribution in [1.82, 2.24) is 20.0 Å². The molecule has 2 amide bonds. The molecule has 4 heterocycles. The van der Waals surface area contributed by atoms with E-state index in [1.807, 2.05) is 41.3 Å². The van der Waals surface area contributed by atoms with Crippen molar-refractivity contribution in [2.75, 3.05) is 44.2 Å². The van der Waals surface area contributed by atoms with Crippen molar-refractivity contribution in [3.05, 3.63) is 65.6 Å². The Hall–Kier alpha value is -3.39. The van der Waals surface area contributed by atoms with Gasteiger partial charge in [0.1, 0.15) is 0 Å². The molecule has 176 valence electrons. The normalized spacial score (nSPS) is 17.1. The van der Waals surface area contributed by atoms with Crippen molar-refractivity contribution < 1.29 is 14.0 Å². The molecule has 2 aliphatic rings. The van der Waals surface area contributed by atoms with Gasteiger partial charge in [0, 0.05) is 55.8 Å². The maximum Gasteiger partial charge on any atom is 0.289 e. The van der Waals surface area contributed by atoms with Crippen LogP contribution in [-0.2, 0) is 4.79 Å². The summed E-state index contributed by atoms with van der Waals surface area (Å²) in [5.41, 5.74) is 1.77. The van der Waals surface area contributed by atoms with Gasteiger partial charge in [0.2, 0.25) is 5.91 Å². The minimum atomic E-state index is -0.117. The van der Waals surface area contributed by atoms with Crippen LogP contribution in [0.1, 0.15) is 23.4 Å². The highest BCUT2D eigenvalue weighted by atomic mass is 35.5. The number of nitrogens with zero attached hydrogens (tertiary/aromatic N) is 5. The highest BCUT2D eigenvalue weighted by Crippen LogP contribution is 2.25. The maximum atomic E-state index is 13.1. The molecule has 3 aromatic rings. The predicted molar refractivity (Wildman–Crippen MR) is 129 cm³/mol. The molecular formula is C25H26ClN5O3. The van der Waals surface area contributed by atoms with Crippen LogP contribution in [0, 0.1) is 5.92 Å². The second kappa shape index (κ2) is 9.85. The van der Waals surface area contributed by atoms with Crippen LogP contribution >= 0.6 is 11.6 Å². The second-order valence-corrected chi connectivity index (χ2v) is 9.08. The lowest BCUT2D eigenvalue weighted by atomic mass is 9.95. The molecule has 2 aliphatic heterocycles. The lowest BCUT2D eigenvalue weighted by Crippen LogP contribution is -2.53. The van der Waals surface area contributed by atoms with Crippen LogP contribution in [-0.4, -0.2) is 71.1 Å². The van der Waals surface area contributed by atoms with E-state index < -0.39 is 0 Å². The molecule has 0 N–H and O–H groups in total. The molecule has 5 rings (SSSR count). The van der Waals surface area contributed by atoms with Gasteiger partial charge in [0.25, 0.3) is 5.91 Å². The molecule has 2 fully saturated rings. The fraction of sp³-hybridized carbons (Fsp3) is 0.360. The van der Waals surface area contributed by atoms with E-state index in [-0.39, 0.29) is 17.7 Å². The van der Waals surface area contributed by atoms with E-state index in [2.05, 4.69) is 15.1 Å². The van der Waals surface area contributed by atoms with Crippen molar-refractivity contribution >= 4 is 29.2 Å². The zero-order chi connectivity index (χ0) is 23.5. The number of aromatic nitrogens is 2. The number of piperazine rings is 1. The Bertz CT molecular complexity index is 1120. The first-order valence-electron chi connectivity index (χ1n) is 11.5. The van der Waals surface area contributed by atoms with Crippen LogP contribution in [0.15, 0.2) is 59.2 Å². The summed E-state index contributed by atoms with van der Waals surface area (Å²) in [5, 5.41) is 9.47. The maximum absolute atomic E-state index is 13.1. The lowest BCUT2D eigenvalue weighted by molar-refractivity contribution is -0.137. The number of carbonyl (C=O) groups is 2. The Morgan fingerprint density at radius 2 is 1.56 bits per heavy atom. The number of piperidine rings is 1. The topological polar surface area (TPSA) is 82.8 Å². The number of amides is 2. The van der Waals surface area contributed by atoms with Gasteiger partial charge in [0.05, 0.1) is 12.0 Å². The fourth-order valence-corrected chi connectivity index (χ4v) is 4.69. The largest absolute Gasteiger partial charge is 0.459 e. The monoisotopic (exact) mass is 479 g/mol. The second-order valence-electron chi connectivity index (χ2n) is 8.64. The van der Waals surface area contributed by atoms with E-state index in [0.29, 0.717) is 37.0 Å². The molecule has 0 atom stereocenters. The molecule has 0 bridgehead atoms. The van der Waals surface area contributed by atoms with Gasteiger partial charge in [0.15, 0.2) is 11.6 Å². The van der Waals surface area contributed by atoms with Crippen LogP contribution in [0.4, 0.5) is 5.82 Å². The molecule has 0 saturated carbocycles. The zero-order valence-electron chi connectivity index (χ0n) is 18.8. The van der Waals surface area contributed by atoms with E-state index in [4.69, 9.17) is 16.0 Å². The summed E-state index contributed by atoms with van der Waals surface area (Å²) < 4.78 is 5.21. The number of carbonyl (C=O) groups excluding carboxylic acids is 2. The summed E-state index contributed by atoms with van der Waals surface area (Å²) >= 11 is 5.96. The Balaban J connectivity index is 1.11. The van der Waals surface area contributed by atoms with Gasteiger partial charge in [-0.1, -0.05) is 23.7 Å². The van der Waals surface area contributed by atoms with Crippen molar-refractivity contribution in [3.8, 4) is 11.3 Å². The molecule has 34 heavy (non-hydrogen) atoms. The van der Waals surface area contributed by atoms with E-state index >= 15 is 0 Å². The van der Waals surface area contributed by atoms with Gasteiger partial charge in [-0.2, -0.15) is 0 Å². The summed E-state index contributed by atoms with van der Waals surface area (Å²) in [6, 6.07) is 14.9. The van der Waals surface area contributed by atoms with E-state index in [1.165, 1.54) is 6.26 Å². The molecule has 2 aromatic heterocycles. The van der Waals surface area contributed by atoms with Crippen LogP contribution < -0.4 is 4.90 Å². The van der Waals surface area contributed by atoms with E-state index in [1.54, 1.807) is 17.0 Å². The van der Waals surface area contributed by atoms with Crippen LogP contribution in [0.25, 0.3) is 11.3 Å². The minimum Gasteiger partial charge on any atom is -0.459 e. The molecule has 9 heteroatoms. The molecular weight excluding hydrogens is 454 g/mol. The van der Waals surface area contributed by atoms with Crippen molar-refractivity contribution in [2.24, 2.45) is 5.92 Å². The summed E-state index contributed by atoms with van der Waals surface area (Å²) in [6.07, 6.45) is 3.06. The Labute approximate surface area is 203 Å². The summed E-state index contributed by atoms with van der Waals surface area (Å²) in [6.45, 7) is 3.70. The van der Waals surface area contributed by atoms with Gasteiger partial charge < -0.3 is 19.1 Å². The van der Waals surface area contributed by atoms with E-state index in [0.717, 1.165) is 43.0 Å². The van der Waals surface area contributed by atoms with Crippen LogP contribution in [0.5, 0.6) is 0 Å². The Morgan fingerprint density at radius 1 is 0.853 bits per heavy atom. The van der Waals surface area contributed by atoms with Gasteiger partial charge in [-0.3, -0.25) is 9.59 Å². The molecule has 1 aromatic carbocycles. The van der Waals surface area contributed by atoms with Crippen molar-refractivity contribution in [3.63, 3.8) is 0 Å². The third-order valence-corrected chi connectivity index (χ3v) is 6.82.